The number of anilines is 1. The zero-order valence-electron chi connectivity index (χ0n) is 17.0. The molecule has 2 aromatic rings. The minimum absolute atomic E-state index is 0.194. The first kappa shape index (κ1) is 23.4. The number of ether oxygens (including phenoxy) is 1. The summed E-state index contributed by atoms with van der Waals surface area (Å²) in [5.74, 6) is -3.21. The molecule has 3 N–H and O–H groups in total. The Morgan fingerprint density at radius 2 is 1.62 bits per heavy atom. The number of nitrogens with zero attached hydrogens (tertiary/aromatic N) is 1. The second kappa shape index (κ2) is 9.88. The van der Waals surface area contributed by atoms with Crippen molar-refractivity contribution in [3.05, 3.63) is 59.4 Å². The van der Waals surface area contributed by atoms with Gasteiger partial charge >= 0.3 is 5.97 Å². The van der Waals surface area contributed by atoms with Gasteiger partial charge in [0.15, 0.2) is 6.61 Å². The highest BCUT2D eigenvalue weighted by molar-refractivity contribution is 7.89. The number of piperidine rings is 1. The van der Waals surface area contributed by atoms with Gasteiger partial charge in [-0.3, -0.25) is 9.59 Å². The van der Waals surface area contributed by atoms with Crippen molar-refractivity contribution in [3.63, 3.8) is 0 Å². The molecule has 0 spiro atoms. The van der Waals surface area contributed by atoms with E-state index in [9.17, 15) is 27.2 Å². The minimum atomic E-state index is -4.09. The highest BCUT2D eigenvalue weighted by atomic mass is 32.2. The van der Waals surface area contributed by atoms with Crippen molar-refractivity contribution in [1.29, 1.82) is 0 Å². The van der Waals surface area contributed by atoms with Gasteiger partial charge in [-0.15, -0.1) is 0 Å². The summed E-state index contributed by atoms with van der Waals surface area (Å²) in [6.45, 7) is -0.0733. The quantitative estimate of drug-likeness (QED) is 0.602. The van der Waals surface area contributed by atoms with Crippen LogP contribution in [0.1, 0.15) is 40.0 Å². The van der Waals surface area contributed by atoms with Crippen molar-refractivity contribution in [2.45, 2.75) is 24.2 Å². The molecule has 1 aliphatic rings. The largest absolute Gasteiger partial charge is 0.452 e. The van der Waals surface area contributed by atoms with E-state index in [1.165, 1.54) is 28.6 Å². The number of carbonyl (C=O) groups is 3. The fourth-order valence-corrected chi connectivity index (χ4v) is 4.81. The second-order valence-electron chi connectivity index (χ2n) is 7.18. The van der Waals surface area contributed by atoms with Crippen LogP contribution in [0.5, 0.6) is 0 Å². The van der Waals surface area contributed by atoms with Crippen LogP contribution in [0.25, 0.3) is 0 Å². The van der Waals surface area contributed by atoms with Crippen LogP contribution < -0.4 is 11.1 Å². The van der Waals surface area contributed by atoms with Crippen LogP contribution >= 0.6 is 0 Å². The van der Waals surface area contributed by atoms with Gasteiger partial charge < -0.3 is 15.8 Å². The number of benzene rings is 2. The van der Waals surface area contributed by atoms with Crippen LogP contribution in [0.4, 0.5) is 10.1 Å². The molecule has 0 bridgehead atoms. The third kappa shape index (κ3) is 5.48. The van der Waals surface area contributed by atoms with Crippen molar-refractivity contribution >= 4 is 33.5 Å². The molecule has 2 amide bonds. The lowest BCUT2D eigenvalue weighted by molar-refractivity contribution is -0.119. The number of nitrogens with two attached hydrogens (primary N) is 1. The number of hydrogen-bond donors (Lipinski definition) is 2. The third-order valence-electron chi connectivity index (χ3n) is 4.89. The van der Waals surface area contributed by atoms with E-state index in [1.807, 2.05) is 0 Å². The molecule has 11 heteroatoms. The SMILES string of the molecule is NC(=O)c1ccc(NC(=O)COC(=O)c2ccc(F)c(S(=O)(=O)N3CCCCC3)c2)cc1. The fraction of sp³-hybridized carbons (Fsp3) is 0.286. The highest BCUT2D eigenvalue weighted by Crippen LogP contribution is 2.24. The molecule has 1 fully saturated rings. The lowest BCUT2D eigenvalue weighted by Crippen LogP contribution is -2.36. The van der Waals surface area contributed by atoms with E-state index in [0.29, 0.717) is 18.5 Å². The second-order valence-corrected chi connectivity index (χ2v) is 9.08. The summed E-state index contributed by atoms with van der Waals surface area (Å²) in [4.78, 5) is 34.8. The van der Waals surface area contributed by atoms with Gasteiger partial charge in [0.1, 0.15) is 10.7 Å². The molecular formula is C21H22FN3O6S. The maximum Gasteiger partial charge on any atom is 0.338 e. The van der Waals surface area contributed by atoms with Gasteiger partial charge in [-0.2, -0.15) is 4.31 Å². The Balaban J connectivity index is 1.64. The smallest absolute Gasteiger partial charge is 0.338 e. The number of esters is 1. The molecule has 0 saturated carbocycles. The minimum Gasteiger partial charge on any atom is -0.452 e. The van der Waals surface area contributed by atoms with Gasteiger partial charge in [-0.05, 0) is 55.3 Å². The Kier molecular flexibility index (Phi) is 7.21. The predicted molar refractivity (Wildman–Crippen MR) is 113 cm³/mol. The van der Waals surface area contributed by atoms with E-state index < -0.39 is 45.1 Å². The van der Waals surface area contributed by atoms with Crippen molar-refractivity contribution in [2.75, 3.05) is 25.0 Å². The number of primary amides is 1. The van der Waals surface area contributed by atoms with Gasteiger partial charge in [-0.25, -0.2) is 17.6 Å². The number of nitrogens with one attached hydrogen (secondary N) is 1. The molecular weight excluding hydrogens is 441 g/mol. The predicted octanol–water partition coefficient (Wildman–Crippen LogP) is 1.89. The topological polar surface area (TPSA) is 136 Å². The number of rotatable bonds is 7. The van der Waals surface area contributed by atoms with Gasteiger partial charge in [0.05, 0.1) is 5.56 Å². The van der Waals surface area contributed by atoms with Crippen molar-refractivity contribution in [1.82, 2.24) is 4.31 Å². The summed E-state index contributed by atoms with van der Waals surface area (Å²) in [5, 5.41) is 2.47. The number of carbonyl (C=O) groups excluding carboxylic acids is 3. The molecule has 1 aliphatic heterocycles. The summed E-state index contributed by atoms with van der Waals surface area (Å²) >= 11 is 0. The standard InChI is InChI=1S/C21H22FN3O6S/c22-17-9-6-15(12-18(17)32(29,30)25-10-2-1-3-11-25)21(28)31-13-19(26)24-16-7-4-14(5-8-16)20(23)27/h4-9,12H,1-3,10-11,13H2,(H2,23,27)(H,24,26). The molecule has 0 aromatic heterocycles. The summed E-state index contributed by atoms with van der Waals surface area (Å²) < 4.78 is 45.9. The Hall–Kier alpha value is -3.31. The maximum absolute atomic E-state index is 14.3. The van der Waals surface area contributed by atoms with Crippen molar-refractivity contribution < 1.29 is 31.9 Å². The first-order valence-electron chi connectivity index (χ1n) is 9.85. The summed E-state index contributed by atoms with van der Waals surface area (Å²) in [7, 11) is -4.09. The molecule has 170 valence electrons. The van der Waals surface area contributed by atoms with Crippen LogP contribution in [0.2, 0.25) is 0 Å². The number of halogens is 1. The van der Waals surface area contributed by atoms with Gasteiger partial charge in [-0.1, -0.05) is 6.42 Å². The van der Waals surface area contributed by atoms with Gasteiger partial charge in [0, 0.05) is 24.3 Å². The van der Waals surface area contributed by atoms with E-state index in [4.69, 9.17) is 10.5 Å². The normalized spacial score (nSPS) is 14.5. The third-order valence-corrected chi connectivity index (χ3v) is 6.80. The van der Waals surface area contributed by atoms with E-state index in [0.717, 1.165) is 24.6 Å². The van der Waals surface area contributed by atoms with E-state index in [2.05, 4.69) is 5.32 Å². The molecule has 0 radical (unpaired) electrons. The zero-order valence-corrected chi connectivity index (χ0v) is 17.9. The monoisotopic (exact) mass is 463 g/mol. The molecule has 0 aliphatic carbocycles. The summed E-state index contributed by atoms with van der Waals surface area (Å²) in [6, 6.07) is 8.65. The van der Waals surface area contributed by atoms with E-state index in [1.54, 1.807) is 0 Å². The first-order valence-corrected chi connectivity index (χ1v) is 11.3. The summed E-state index contributed by atoms with van der Waals surface area (Å²) in [6.07, 6.45) is 2.27. The Morgan fingerprint density at radius 3 is 2.25 bits per heavy atom. The molecule has 1 saturated heterocycles. The van der Waals surface area contributed by atoms with Crippen LogP contribution in [0.15, 0.2) is 47.4 Å². The van der Waals surface area contributed by atoms with Gasteiger partial charge in [0.25, 0.3) is 5.91 Å². The Labute approximate surface area is 184 Å². The number of hydrogen-bond acceptors (Lipinski definition) is 6. The first-order chi connectivity index (χ1) is 15.2. The van der Waals surface area contributed by atoms with E-state index in [-0.39, 0.29) is 24.2 Å². The fourth-order valence-electron chi connectivity index (χ4n) is 3.20. The maximum atomic E-state index is 14.3. The van der Waals surface area contributed by atoms with Crippen LogP contribution in [0.3, 0.4) is 0 Å². The molecule has 0 atom stereocenters. The van der Waals surface area contributed by atoms with Crippen molar-refractivity contribution in [3.8, 4) is 0 Å². The molecule has 3 rings (SSSR count). The molecule has 2 aromatic carbocycles. The lowest BCUT2D eigenvalue weighted by Gasteiger charge is -2.26. The number of amides is 2. The van der Waals surface area contributed by atoms with Gasteiger partial charge in [0.2, 0.25) is 15.9 Å². The van der Waals surface area contributed by atoms with Crippen molar-refractivity contribution in [2.24, 2.45) is 5.73 Å². The van der Waals surface area contributed by atoms with Crippen LogP contribution in [0, 0.1) is 5.82 Å². The average Bonchev–Trinajstić information content (AvgIpc) is 2.78. The summed E-state index contributed by atoms with van der Waals surface area (Å²) in [5.41, 5.74) is 5.57. The molecule has 0 unspecified atom stereocenters. The highest BCUT2D eigenvalue weighted by Gasteiger charge is 2.29. The average molecular weight is 463 g/mol. The molecule has 9 nitrogen and oxygen atoms in total. The van der Waals surface area contributed by atoms with Crippen LogP contribution in [-0.2, 0) is 19.6 Å². The van der Waals surface area contributed by atoms with Crippen LogP contribution in [-0.4, -0.2) is 50.2 Å². The van der Waals surface area contributed by atoms with E-state index >= 15 is 0 Å². The molecule has 1 heterocycles. The molecule has 32 heavy (non-hydrogen) atoms. The Bertz CT molecular complexity index is 1130. The zero-order chi connectivity index (χ0) is 23.3. The Morgan fingerprint density at radius 1 is 1.00 bits per heavy atom. The number of sulfonamides is 1. The lowest BCUT2D eigenvalue weighted by atomic mass is 10.2.